The molecular weight excluding hydrogens is 371 g/mol. The summed E-state index contributed by atoms with van der Waals surface area (Å²) in [6, 6.07) is 23.9. The summed E-state index contributed by atoms with van der Waals surface area (Å²) < 4.78 is 2.16. The number of rotatable bonds is 4. The number of halogens is 2. The quantitative estimate of drug-likeness (QED) is 0.367. The molecule has 5 heteroatoms. The molecule has 0 radical (unpaired) electrons. The molecule has 4 aromatic rings. The molecule has 0 amide bonds. The average molecular weight is 385 g/mol. The van der Waals surface area contributed by atoms with Crippen LogP contribution in [-0.2, 0) is 5.75 Å². The number of thioether (sulfide) groups is 1. The molecule has 0 aliphatic rings. The van der Waals surface area contributed by atoms with Crippen LogP contribution in [0.3, 0.4) is 0 Å². The SMILES string of the molecule is Clc1ccc2c(c1)nc(SCc1ccccc1Cl)n2-c1ccccc1. The lowest BCUT2D eigenvalue weighted by Crippen LogP contribution is -1.96. The fourth-order valence-electron chi connectivity index (χ4n) is 2.71. The van der Waals surface area contributed by atoms with Gasteiger partial charge in [-0.1, -0.05) is 71.4 Å². The minimum atomic E-state index is 0.688. The largest absolute Gasteiger partial charge is 0.287 e. The summed E-state index contributed by atoms with van der Waals surface area (Å²) >= 11 is 14.1. The molecule has 0 unspecified atom stereocenters. The predicted molar refractivity (Wildman–Crippen MR) is 107 cm³/mol. The number of aromatic nitrogens is 2. The van der Waals surface area contributed by atoms with Crippen molar-refractivity contribution in [3.8, 4) is 5.69 Å². The summed E-state index contributed by atoms with van der Waals surface area (Å²) in [5.74, 6) is 0.754. The zero-order valence-electron chi connectivity index (χ0n) is 13.2. The van der Waals surface area contributed by atoms with E-state index < -0.39 is 0 Å². The molecule has 0 saturated heterocycles. The summed E-state index contributed by atoms with van der Waals surface area (Å²) in [6.07, 6.45) is 0. The highest BCUT2D eigenvalue weighted by Gasteiger charge is 2.14. The smallest absolute Gasteiger partial charge is 0.174 e. The molecule has 4 rings (SSSR count). The van der Waals surface area contributed by atoms with Gasteiger partial charge < -0.3 is 0 Å². The van der Waals surface area contributed by atoms with E-state index in [0.717, 1.165) is 38.2 Å². The number of para-hydroxylation sites is 1. The average Bonchev–Trinajstić information content (AvgIpc) is 2.99. The molecule has 0 fully saturated rings. The Morgan fingerprint density at radius 3 is 2.44 bits per heavy atom. The molecule has 0 saturated carbocycles. The number of hydrogen-bond acceptors (Lipinski definition) is 2. The molecule has 0 aliphatic heterocycles. The van der Waals surface area contributed by atoms with Crippen LogP contribution in [0.2, 0.25) is 10.0 Å². The first kappa shape index (κ1) is 16.5. The van der Waals surface area contributed by atoms with Crippen molar-refractivity contribution in [3.05, 3.63) is 88.4 Å². The zero-order chi connectivity index (χ0) is 17.2. The highest BCUT2D eigenvalue weighted by atomic mass is 35.5. The molecule has 25 heavy (non-hydrogen) atoms. The van der Waals surface area contributed by atoms with E-state index in [4.69, 9.17) is 28.2 Å². The Morgan fingerprint density at radius 1 is 0.880 bits per heavy atom. The summed E-state index contributed by atoms with van der Waals surface area (Å²) in [5.41, 5.74) is 4.10. The van der Waals surface area contributed by atoms with Crippen LogP contribution in [0.1, 0.15) is 5.56 Å². The Morgan fingerprint density at radius 2 is 1.64 bits per heavy atom. The minimum Gasteiger partial charge on any atom is -0.287 e. The van der Waals surface area contributed by atoms with Gasteiger partial charge in [0.25, 0.3) is 0 Å². The second-order valence-electron chi connectivity index (χ2n) is 5.58. The van der Waals surface area contributed by atoms with E-state index in [2.05, 4.69) is 16.7 Å². The number of fused-ring (bicyclic) bond motifs is 1. The Kier molecular flexibility index (Phi) is 4.71. The molecule has 1 aromatic heterocycles. The lowest BCUT2D eigenvalue weighted by atomic mass is 10.2. The third-order valence-electron chi connectivity index (χ3n) is 3.91. The van der Waals surface area contributed by atoms with Crippen LogP contribution in [0.25, 0.3) is 16.7 Å². The van der Waals surface area contributed by atoms with Crippen molar-refractivity contribution in [3.63, 3.8) is 0 Å². The van der Waals surface area contributed by atoms with Crippen LogP contribution in [0.5, 0.6) is 0 Å². The van der Waals surface area contributed by atoms with Crippen LogP contribution >= 0.6 is 35.0 Å². The predicted octanol–water partition coefficient (Wildman–Crippen LogP) is 6.62. The number of nitrogens with zero attached hydrogens (tertiary/aromatic N) is 2. The van der Waals surface area contributed by atoms with Gasteiger partial charge in [0, 0.05) is 21.5 Å². The second-order valence-corrected chi connectivity index (χ2v) is 7.36. The molecule has 2 nitrogen and oxygen atoms in total. The van der Waals surface area contributed by atoms with Crippen LogP contribution in [-0.4, -0.2) is 9.55 Å². The fraction of sp³-hybridized carbons (Fsp3) is 0.0500. The van der Waals surface area contributed by atoms with E-state index in [1.807, 2.05) is 60.7 Å². The van der Waals surface area contributed by atoms with Crippen molar-refractivity contribution < 1.29 is 0 Å². The van der Waals surface area contributed by atoms with Crippen molar-refractivity contribution in [2.24, 2.45) is 0 Å². The topological polar surface area (TPSA) is 17.8 Å². The normalized spacial score (nSPS) is 11.1. The summed E-state index contributed by atoms with van der Waals surface area (Å²) in [4.78, 5) is 4.79. The van der Waals surface area contributed by atoms with Crippen LogP contribution < -0.4 is 0 Å². The maximum absolute atomic E-state index is 6.29. The van der Waals surface area contributed by atoms with E-state index in [-0.39, 0.29) is 0 Å². The highest BCUT2D eigenvalue weighted by Crippen LogP contribution is 2.32. The molecule has 3 aromatic carbocycles. The Hall–Kier alpha value is -1.94. The van der Waals surface area contributed by atoms with Gasteiger partial charge in [0.15, 0.2) is 5.16 Å². The maximum Gasteiger partial charge on any atom is 0.174 e. The lowest BCUT2D eigenvalue weighted by Gasteiger charge is -2.09. The first-order valence-corrected chi connectivity index (χ1v) is 9.56. The van der Waals surface area contributed by atoms with E-state index in [1.54, 1.807) is 11.8 Å². The third kappa shape index (κ3) is 3.40. The lowest BCUT2D eigenvalue weighted by molar-refractivity contribution is 0.919. The van der Waals surface area contributed by atoms with E-state index in [1.165, 1.54) is 0 Å². The minimum absolute atomic E-state index is 0.688. The zero-order valence-corrected chi connectivity index (χ0v) is 15.5. The van der Waals surface area contributed by atoms with Gasteiger partial charge in [-0.2, -0.15) is 0 Å². The van der Waals surface area contributed by atoms with Gasteiger partial charge in [-0.25, -0.2) is 4.98 Å². The van der Waals surface area contributed by atoms with Gasteiger partial charge in [0.1, 0.15) is 0 Å². The maximum atomic E-state index is 6.29. The molecule has 0 N–H and O–H groups in total. The Balaban J connectivity index is 1.78. The Labute approximate surface area is 160 Å². The van der Waals surface area contributed by atoms with Crippen LogP contribution in [0, 0.1) is 0 Å². The first-order chi connectivity index (χ1) is 12.2. The monoisotopic (exact) mass is 384 g/mol. The first-order valence-electron chi connectivity index (χ1n) is 7.82. The second kappa shape index (κ2) is 7.12. The van der Waals surface area contributed by atoms with E-state index in [9.17, 15) is 0 Å². The van der Waals surface area contributed by atoms with Gasteiger partial charge >= 0.3 is 0 Å². The van der Waals surface area contributed by atoms with Crippen LogP contribution in [0.15, 0.2) is 78.0 Å². The van der Waals surface area contributed by atoms with Crippen molar-refractivity contribution in [1.29, 1.82) is 0 Å². The summed E-state index contributed by atoms with van der Waals surface area (Å²) in [6.45, 7) is 0. The fourth-order valence-corrected chi connectivity index (χ4v) is 4.19. The molecule has 0 spiro atoms. The van der Waals surface area contributed by atoms with E-state index in [0.29, 0.717) is 5.02 Å². The highest BCUT2D eigenvalue weighted by molar-refractivity contribution is 7.98. The number of benzene rings is 3. The summed E-state index contributed by atoms with van der Waals surface area (Å²) in [7, 11) is 0. The molecule has 124 valence electrons. The standard InChI is InChI=1S/C20H14Cl2N2S/c21-15-10-11-19-18(12-15)23-20(24(19)16-7-2-1-3-8-16)25-13-14-6-4-5-9-17(14)22/h1-12H,13H2. The van der Waals surface area contributed by atoms with Gasteiger partial charge in [-0.15, -0.1) is 0 Å². The van der Waals surface area contributed by atoms with Gasteiger partial charge in [0.2, 0.25) is 0 Å². The van der Waals surface area contributed by atoms with Crippen molar-refractivity contribution >= 4 is 46.0 Å². The van der Waals surface area contributed by atoms with E-state index >= 15 is 0 Å². The van der Waals surface area contributed by atoms with Gasteiger partial charge in [-0.3, -0.25) is 4.57 Å². The van der Waals surface area contributed by atoms with Gasteiger partial charge in [0.05, 0.1) is 11.0 Å². The molecule has 0 atom stereocenters. The summed E-state index contributed by atoms with van der Waals surface area (Å²) in [5, 5.41) is 2.39. The number of hydrogen-bond donors (Lipinski definition) is 0. The van der Waals surface area contributed by atoms with Crippen molar-refractivity contribution in [1.82, 2.24) is 9.55 Å². The molecule has 0 bridgehead atoms. The molecule has 1 heterocycles. The van der Waals surface area contributed by atoms with Crippen LogP contribution in [0.4, 0.5) is 0 Å². The van der Waals surface area contributed by atoms with Crippen molar-refractivity contribution in [2.45, 2.75) is 10.9 Å². The Bertz CT molecular complexity index is 1030. The third-order valence-corrected chi connectivity index (χ3v) is 5.51. The van der Waals surface area contributed by atoms with Gasteiger partial charge in [-0.05, 0) is 42.0 Å². The molecular formula is C20H14Cl2N2S. The number of imidazole rings is 1. The molecule has 0 aliphatic carbocycles. The van der Waals surface area contributed by atoms with Crippen molar-refractivity contribution in [2.75, 3.05) is 0 Å².